The van der Waals surface area contributed by atoms with Crippen molar-refractivity contribution in [2.45, 2.75) is 37.6 Å². The predicted octanol–water partition coefficient (Wildman–Crippen LogP) is 4.11. The number of hydrogen-bond donors (Lipinski definition) is 0. The molecule has 0 spiro atoms. The second-order valence-corrected chi connectivity index (χ2v) is 7.10. The third kappa shape index (κ3) is 2.05. The number of likely N-dealkylation sites (tertiary alicyclic amines) is 1. The van der Waals surface area contributed by atoms with Crippen LogP contribution in [0, 0.1) is 11.8 Å². The first-order valence-electron chi connectivity index (χ1n) is 7.41. The third-order valence-corrected chi connectivity index (χ3v) is 5.84. The van der Waals surface area contributed by atoms with Gasteiger partial charge >= 0.3 is 0 Å². The predicted molar refractivity (Wildman–Crippen MR) is 80.2 cm³/mol. The SMILES string of the molecule is O=C([C@@H]1C[C@H]1c1cccc(Cl)c1Cl)N1CCC1C1CC1. The lowest BCUT2D eigenvalue weighted by atomic mass is 9.97. The molecule has 1 heterocycles. The summed E-state index contributed by atoms with van der Waals surface area (Å²) < 4.78 is 0. The Morgan fingerprint density at radius 2 is 2.00 bits per heavy atom. The minimum Gasteiger partial charge on any atom is -0.339 e. The van der Waals surface area contributed by atoms with Gasteiger partial charge in [-0.2, -0.15) is 0 Å². The molecule has 0 bridgehead atoms. The molecule has 106 valence electrons. The van der Waals surface area contributed by atoms with E-state index in [1.807, 2.05) is 12.1 Å². The van der Waals surface area contributed by atoms with Gasteiger partial charge in [0.1, 0.15) is 0 Å². The largest absolute Gasteiger partial charge is 0.339 e. The molecule has 2 saturated carbocycles. The molecule has 0 radical (unpaired) electrons. The Kier molecular flexibility index (Phi) is 3.01. The van der Waals surface area contributed by atoms with Crippen LogP contribution >= 0.6 is 23.2 Å². The van der Waals surface area contributed by atoms with Gasteiger partial charge in [-0.05, 0) is 49.1 Å². The minimum absolute atomic E-state index is 0.132. The van der Waals surface area contributed by atoms with Crippen LogP contribution < -0.4 is 0 Å². The van der Waals surface area contributed by atoms with E-state index in [9.17, 15) is 4.79 Å². The highest BCUT2D eigenvalue weighted by Gasteiger charge is 2.51. The molecule has 1 aliphatic heterocycles. The molecular weight excluding hydrogens is 293 g/mol. The molecule has 0 N–H and O–H groups in total. The van der Waals surface area contributed by atoms with Gasteiger partial charge < -0.3 is 4.90 Å². The molecule has 3 aliphatic rings. The molecule has 1 amide bonds. The van der Waals surface area contributed by atoms with Crippen molar-refractivity contribution in [2.24, 2.45) is 11.8 Å². The summed E-state index contributed by atoms with van der Waals surface area (Å²) >= 11 is 12.3. The summed E-state index contributed by atoms with van der Waals surface area (Å²) in [6.45, 7) is 0.951. The first-order valence-corrected chi connectivity index (χ1v) is 8.17. The fourth-order valence-corrected chi connectivity index (χ4v) is 3.93. The van der Waals surface area contributed by atoms with E-state index in [-0.39, 0.29) is 11.8 Å². The molecule has 3 atom stereocenters. The summed E-state index contributed by atoms with van der Waals surface area (Å²) in [5.74, 6) is 1.54. The second kappa shape index (κ2) is 4.64. The Morgan fingerprint density at radius 1 is 1.20 bits per heavy atom. The number of hydrogen-bond acceptors (Lipinski definition) is 1. The van der Waals surface area contributed by atoms with Crippen molar-refractivity contribution in [3.63, 3.8) is 0 Å². The molecule has 1 aromatic carbocycles. The molecule has 0 aromatic heterocycles. The Hall–Kier alpha value is -0.730. The average Bonchev–Trinajstić information content (AvgIpc) is 3.23. The number of benzene rings is 1. The fourth-order valence-electron chi connectivity index (χ4n) is 3.48. The van der Waals surface area contributed by atoms with E-state index in [1.54, 1.807) is 6.07 Å². The van der Waals surface area contributed by atoms with E-state index in [2.05, 4.69) is 4.90 Å². The standard InChI is InChI=1S/C16H17Cl2NO/c17-13-3-1-2-10(15(13)18)11-8-12(11)16(20)19-7-6-14(19)9-4-5-9/h1-3,9,11-12,14H,4-8H2/t11-,12+,14?/m0/s1. The Bertz CT molecular complexity index is 570. The van der Waals surface area contributed by atoms with E-state index in [4.69, 9.17) is 23.2 Å². The van der Waals surface area contributed by atoms with Crippen molar-refractivity contribution in [3.05, 3.63) is 33.8 Å². The molecule has 1 unspecified atom stereocenters. The zero-order chi connectivity index (χ0) is 13.9. The number of amides is 1. The normalized spacial score (nSPS) is 31.9. The smallest absolute Gasteiger partial charge is 0.226 e. The van der Waals surface area contributed by atoms with Gasteiger partial charge in [0.25, 0.3) is 0 Å². The van der Waals surface area contributed by atoms with E-state index < -0.39 is 0 Å². The van der Waals surface area contributed by atoms with Crippen LogP contribution in [0.1, 0.15) is 37.2 Å². The topological polar surface area (TPSA) is 20.3 Å². The number of carbonyl (C=O) groups excluding carboxylic acids is 1. The van der Waals surface area contributed by atoms with Crippen LogP contribution in [-0.2, 0) is 4.79 Å². The lowest BCUT2D eigenvalue weighted by Crippen LogP contribution is -2.53. The van der Waals surface area contributed by atoms with Crippen LogP contribution in [-0.4, -0.2) is 23.4 Å². The average molecular weight is 310 g/mol. The van der Waals surface area contributed by atoms with Gasteiger partial charge in [-0.3, -0.25) is 4.79 Å². The Morgan fingerprint density at radius 3 is 2.65 bits per heavy atom. The van der Waals surface area contributed by atoms with Gasteiger partial charge in [0.15, 0.2) is 0 Å². The first-order chi connectivity index (χ1) is 9.66. The maximum atomic E-state index is 12.6. The highest BCUT2D eigenvalue weighted by Crippen LogP contribution is 2.53. The van der Waals surface area contributed by atoms with Gasteiger partial charge in [0.05, 0.1) is 10.0 Å². The summed E-state index contributed by atoms with van der Waals surface area (Å²) in [7, 11) is 0. The number of nitrogens with zero attached hydrogens (tertiary/aromatic N) is 1. The molecule has 3 fully saturated rings. The number of carbonyl (C=O) groups is 1. The highest BCUT2D eigenvalue weighted by molar-refractivity contribution is 6.42. The van der Waals surface area contributed by atoms with Gasteiger partial charge in [-0.15, -0.1) is 0 Å². The van der Waals surface area contributed by atoms with E-state index in [1.165, 1.54) is 19.3 Å². The van der Waals surface area contributed by atoms with E-state index in [0.29, 0.717) is 22.0 Å². The summed E-state index contributed by atoms with van der Waals surface area (Å²) in [5, 5.41) is 1.21. The third-order valence-electron chi connectivity index (χ3n) is 5.00. The number of rotatable bonds is 3. The van der Waals surface area contributed by atoms with Gasteiger partial charge in [0, 0.05) is 18.5 Å². The summed E-state index contributed by atoms with van der Waals surface area (Å²) in [5.41, 5.74) is 1.04. The van der Waals surface area contributed by atoms with Crippen molar-refractivity contribution in [3.8, 4) is 0 Å². The molecule has 2 nitrogen and oxygen atoms in total. The lowest BCUT2D eigenvalue weighted by molar-refractivity contribution is -0.141. The van der Waals surface area contributed by atoms with Gasteiger partial charge in [0.2, 0.25) is 5.91 Å². The molecule has 2 aliphatic carbocycles. The van der Waals surface area contributed by atoms with Crippen molar-refractivity contribution in [2.75, 3.05) is 6.54 Å². The monoisotopic (exact) mass is 309 g/mol. The Balaban J connectivity index is 1.47. The van der Waals surface area contributed by atoms with Crippen LogP contribution in [0.5, 0.6) is 0 Å². The molecular formula is C16H17Cl2NO. The molecule has 20 heavy (non-hydrogen) atoms. The maximum Gasteiger partial charge on any atom is 0.226 e. The first kappa shape index (κ1) is 13.0. The molecule has 4 rings (SSSR count). The van der Waals surface area contributed by atoms with Gasteiger partial charge in [-0.25, -0.2) is 0 Å². The summed E-state index contributed by atoms with van der Waals surface area (Å²) in [4.78, 5) is 14.7. The van der Waals surface area contributed by atoms with Crippen molar-refractivity contribution < 1.29 is 4.79 Å². The zero-order valence-corrected chi connectivity index (χ0v) is 12.7. The van der Waals surface area contributed by atoms with Crippen LogP contribution in [0.25, 0.3) is 0 Å². The van der Waals surface area contributed by atoms with Crippen LogP contribution in [0.3, 0.4) is 0 Å². The maximum absolute atomic E-state index is 12.6. The van der Waals surface area contributed by atoms with Crippen molar-refractivity contribution >= 4 is 29.1 Å². The zero-order valence-electron chi connectivity index (χ0n) is 11.2. The summed E-state index contributed by atoms with van der Waals surface area (Å²) in [6, 6.07) is 6.25. The second-order valence-electron chi connectivity index (χ2n) is 6.32. The van der Waals surface area contributed by atoms with Crippen LogP contribution in [0.4, 0.5) is 0 Å². The molecule has 4 heteroatoms. The summed E-state index contributed by atoms with van der Waals surface area (Å²) in [6.07, 6.45) is 4.74. The quantitative estimate of drug-likeness (QED) is 0.823. The van der Waals surface area contributed by atoms with Gasteiger partial charge in [-0.1, -0.05) is 35.3 Å². The number of halogens is 2. The van der Waals surface area contributed by atoms with Crippen molar-refractivity contribution in [1.82, 2.24) is 4.90 Å². The highest BCUT2D eigenvalue weighted by atomic mass is 35.5. The van der Waals surface area contributed by atoms with Crippen LogP contribution in [0.2, 0.25) is 10.0 Å². The van der Waals surface area contributed by atoms with E-state index in [0.717, 1.165) is 24.4 Å². The van der Waals surface area contributed by atoms with Crippen molar-refractivity contribution in [1.29, 1.82) is 0 Å². The minimum atomic E-state index is 0.132. The Labute approximate surface area is 129 Å². The van der Waals surface area contributed by atoms with E-state index >= 15 is 0 Å². The molecule has 1 saturated heterocycles. The lowest BCUT2D eigenvalue weighted by Gasteiger charge is -2.41. The molecule has 1 aromatic rings. The van der Waals surface area contributed by atoms with Crippen LogP contribution in [0.15, 0.2) is 18.2 Å². The fraction of sp³-hybridized carbons (Fsp3) is 0.562.